The Balaban J connectivity index is 0.00000324. The van der Waals surface area contributed by atoms with E-state index in [-0.39, 0.29) is 47.9 Å². The van der Waals surface area contributed by atoms with Crippen molar-refractivity contribution in [3.05, 3.63) is 0 Å². The van der Waals surface area contributed by atoms with Crippen molar-refractivity contribution in [1.29, 1.82) is 0 Å². The molecule has 0 saturated heterocycles. The molecule has 6 nitrogen and oxygen atoms in total. The molecule has 1 saturated carbocycles. The van der Waals surface area contributed by atoms with Gasteiger partial charge in [0.05, 0.1) is 12.6 Å². The zero-order valence-electron chi connectivity index (χ0n) is 12.2. The van der Waals surface area contributed by atoms with Crippen molar-refractivity contribution in [3.8, 4) is 0 Å². The molecular weight excluding hydrogens is 359 g/mol. The normalized spacial score (nSPS) is 24.8. The molecule has 0 spiro atoms. The van der Waals surface area contributed by atoms with E-state index in [2.05, 4.69) is 34.8 Å². The maximum absolute atomic E-state index is 11.2. The second-order valence-corrected chi connectivity index (χ2v) is 5.08. The molecule has 1 amide bonds. The number of carbonyl (C=O) groups excluding carboxylic acids is 1. The predicted octanol–water partition coefficient (Wildman–Crippen LogP) is 0.329. The highest BCUT2D eigenvalue weighted by Crippen LogP contribution is 2.42. The van der Waals surface area contributed by atoms with Crippen LogP contribution in [0.5, 0.6) is 0 Å². The molecule has 2 atom stereocenters. The Hall–Kier alpha value is -0.570. The zero-order chi connectivity index (χ0) is 13.8. The number of ether oxygens (including phenoxy) is 1. The number of rotatable bonds is 4. The molecule has 0 aromatic carbocycles. The van der Waals surface area contributed by atoms with Crippen LogP contribution in [-0.2, 0) is 9.53 Å². The van der Waals surface area contributed by atoms with Crippen LogP contribution >= 0.6 is 24.0 Å². The predicted molar refractivity (Wildman–Crippen MR) is 87.0 cm³/mol. The van der Waals surface area contributed by atoms with E-state index in [0.29, 0.717) is 12.0 Å². The van der Waals surface area contributed by atoms with Crippen molar-refractivity contribution in [2.45, 2.75) is 32.4 Å². The van der Waals surface area contributed by atoms with Gasteiger partial charge in [-0.2, -0.15) is 0 Å². The summed E-state index contributed by atoms with van der Waals surface area (Å²) in [5.41, 5.74) is 0.0688. The summed E-state index contributed by atoms with van der Waals surface area (Å²) >= 11 is 0. The second-order valence-electron chi connectivity index (χ2n) is 5.08. The van der Waals surface area contributed by atoms with Crippen molar-refractivity contribution >= 4 is 35.8 Å². The Labute approximate surface area is 132 Å². The van der Waals surface area contributed by atoms with Crippen molar-refractivity contribution < 1.29 is 9.53 Å². The minimum atomic E-state index is -0.0689. The average molecular weight is 384 g/mol. The van der Waals surface area contributed by atoms with Crippen molar-refractivity contribution in [2.24, 2.45) is 10.4 Å². The van der Waals surface area contributed by atoms with Crippen LogP contribution in [-0.4, -0.2) is 51.8 Å². The molecule has 112 valence electrons. The lowest BCUT2D eigenvalue weighted by Crippen LogP contribution is -2.63. The van der Waals surface area contributed by atoms with Crippen LogP contribution in [0.25, 0.3) is 0 Å². The first kappa shape index (κ1) is 18.4. The minimum absolute atomic E-state index is 0. The summed E-state index contributed by atoms with van der Waals surface area (Å²) in [5, 5.41) is 8.85. The van der Waals surface area contributed by atoms with Crippen LogP contribution in [0.1, 0.15) is 20.3 Å². The van der Waals surface area contributed by atoms with Crippen molar-refractivity contribution in [3.63, 3.8) is 0 Å². The third-order valence-electron chi connectivity index (χ3n) is 3.69. The largest absolute Gasteiger partial charge is 0.381 e. The molecule has 0 heterocycles. The lowest BCUT2D eigenvalue weighted by Gasteiger charge is -2.51. The van der Waals surface area contributed by atoms with E-state index in [9.17, 15) is 4.79 Å². The summed E-state index contributed by atoms with van der Waals surface area (Å²) in [6.45, 7) is 4.54. The second kappa shape index (κ2) is 7.88. The molecule has 7 heteroatoms. The van der Waals surface area contributed by atoms with Gasteiger partial charge in [0.1, 0.15) is 0 Å². The lowest BCUT2D eigenvalue weighted by atomic mass is 9.64. The van der Waals surface area contributed by atoms with Crippen molar-refractivity contribution in [1.82, 2.24) is 16.0 Å². The number of hydrogen-bond donors (Lipinski definition) is 3. The molecule has 0 bridgehead atoms. The quantitative estimate of drug-likeness (QED) is 0.371. The van der Waals surface area contributed by atoms with Gasteiger partial charge in [0.2, 0.25) is 5.91 Å². The summed E-state index contributed by atoms with van der Waals surface area (Å²) < 4.78 is 5.40. The third-order valence-corrected chi connectivity index (χ3v) is 3.69. The van der Waals surface area contributed by atoms with Gasteiger partial charge in [-0.15, -0.1) is 24.0 Å². The summed E-state index contributed by atoms with van der Waals surface area (Å²) in [6, 6.07) is 0.304. The Morgan fingerprint density at radius 3 is 2.53 bits per heavy atom. The molecule has 0 aromatic rings. The first-order valence-electron chi connectivity index (χ1n) is 6.16. The van der Waals surface area contributed by atoms with Crippen LogP contribution in [0.15, 0.2) is 4.99 Å². The molecule has 1 aliphatic rings. The molecule has 3 N–H and O–H groups in total. The third kappa shape index (κ3) is 4.48. The summed E-state index contributed by atoms with van der Waals surface area (Å²) in [6.07, 6.45) is 1.22. The molecule has 0 aromatic heterocycles. The van der Waals surface area contributed by atoms with Gasteiger partial charge >= 0.3 is 0 Å². The molecule has 1 rings (SSSR count). The molecular formula is C12H25IN4O2. The number of halogens is 1. The van der Waals surface area contributed by atoms with Gasteiger partial charge in [-0.1, -0.05) is 13.8 Å². The number of nitrogens with zero attached hydrogens (tertiary/aromatic N) is 1. The van der Waals surface area contributed by atoms with Gasteiger partial charge < -0.3 is 20.7 Å². The van der Waals surface area contributed by atoms with Crippen LogP contribution < -0.4 is 16.0 Å². The molecule has 19 heavy (non-hydrogen) atoms. The fourth-order valence-corrected chi connectivity index (χ4v) is 2.14. The van der Waals surface area contributed by atoms with E-state index >= 15 is 0 Å². The van der Waals surface area contributed by atoms with E-state index in [4.69, 9.17) is 4.74 Å². The maximum Gasteiger partial charge on any atom is 0.239 e. The number of amides is 1. The number of methoxy groups -OCH3 is 1. The Morgan fingerprint density at radius 2 is 2.11 bits per heavy atom. The SMILES string of the molecule is CN=C(NCC(=O)NC)NC1CC(OC)C1(C)C.I. The topological polar surface area (TPSA) is 74.8 Å². The maximum atomic E-state index is 11.2. The highest BCUT2D eigenvalue weighted by Gasteiger charge is 2.48. The van der Waals surface area contributed by atoms with E-state index in [1.807, 2.05) is 0 Å². The fourth-order valence-electron chi connectivity index (χ4n) is 2.14. The fraction of sp³-hybridized carbons (Fsp3) is 0.833. The van der Waals surface area contributed by atoms with Gasteiger partial charge in [0.15, 0.2) is 5.96 Å². The minimum Gasteiger partial charge on any atom is -0.381 e. The van der Waals surface area contributed by atoms with Crippen LogP contribution in [0.4, 0.5) is 0 Å². The first-order valence-corrected chi connectivity index (χ1v) is 6.16. The summed E-state index contributed by atoms with van der Waals surface area (Å²) in [7, 11) is 5.04. The van der Waals surface area contributed by atoms with Gasteiger partial charge in [-0.3, -0.25) is 9.79 Å². The van der Waals surface area contributed by atoms with Gasteiger partial charge in [0.25, 0.3) is 0 Å². The zero-order valence-corrected chi connectivity index (χ0v) is 14.6. The van der Waals surface area contributed by atoms with Gasteiger partial charge in [-0.25, -0.2) is 0 Å². The molecule has 1 fully saturated rings. The number of guanidine groups is 1. The summed E-state index contributed by atoms with van der Waals surface area (Å²) in [4.78, 5) is 15.3. The highest BCUT2D eigenvalue weighted by molar-refractivity contribution is 14.0. The van der Waals surface area contributed by atoms with Crippen LogP contribution in [0, 0.1) is 5.41 Å². The Morgan fingerprint density at radius 1 is 1.47 bits per heavy atom. The monoisotopic (exact) mass is 384 g/mol. The number of nitrogens with one attached hydrogen (secondary N) is 3. The first-order chi connectivity index (χ1) is 8.45. The Bertz CT molecular complexity index is 334. The Kier molecular flexibility index (Phi) is 7.65. The number of carbonyl (C=O) groups is 1. The smallest absolute Gasteiger partial charge is 0.239 e. The van der Waals surface area contributed by atoms with Crippen molar-refractivity contribution in [2.75, 3.05) is 27.7 Å². The number of hydrogen-bond acceptors (Lipinski definition) is 3. The average Bonchev–Trinajstić information content (AvgIpc) is 2.36. The number of likely N-dealkylation sites (N-methyl/N-ethyl adjacent to an activating group) is 1. The highest BCUT2D eigenvalue weighted by atomic mass is 127. The molecule has 0 aliphatic heterocycles. The van der Waals surface area contributed by atoms with Crippen LogP contribution in [0.3, 0.4) is 0 Å². The van der Waals surface area contributed by atoms with E-state index in [1.165, 1.54) is 0 Å². The van der Waals surface area contributed by atoms with Gasteiger partial charge in [-0.05, 0) is 6.42 Å². The van der Waals surface area contributed by atoms with Gasteiger partial charge in [0, 0.05) is 32.7 Å². The number of aliphatic imine (C=N–C) groups is 1. The standard InChI is InChI=1S/C12H24N4O2.HI/c1-12(2)8(6-9(12)18-5)16-11(14-4)15-7-10(17)13-3;/h8-9H,6-7H2,1-5H3,(H,13,17)(H2,14,15,16);1H. The van der Waals surface area contributed by atoms with Crippen LogP contribution in [0.2, 0.25) is 0 Å². The van der Waals surface area contributed by atoms with E-state index < -0.39 is 0 Å². The lowest BCUT2D eigenvalue weighted by molar-refractivity contribution is -0.119. The molecule has 0 radical (unpaired) electrons. The molecule has 2 unspecified atom stereocenters. The van der Waals surface area contributed by atoms with E-state index in [0.717, 1.165) is 6.42 Å². The van der Waals surface area contributed by atoms with E-state index in [1.54, 1.807) is 21.2 Å². The summed E-state index contributed by atoms with van der Waals surface area (Å²) in [5.74, 6) is 0.576. The molecule has 1 aliphatic carbocycles.